The number of aromatic amines is 2. The number of halogens is 1. The molecule has 9 N–H and O–H groups in total. The van der Waals surface area contributed by atoms with Gasteiger partial charge in [-0.05, 0) is 200 Å². The Hall–Kier alpha value is -9.39. The summed E-state index contributed by atoms with van der Waals surface area (Å²) in [5, 5.41) is 47.8. The molecular weight excluding hydrogens is 1190 g/mol. The van der Waals surface area contributed by atoms with E-state index in [1.165, 1.54) is 4.90 Å². The van der Waals surface area contributed by atoms with Crippen LogP contribution in [0.4, 0.5) is 21.0 Å². The number of carbonyl (C=O) groups is 7. The maximum Gasteiger partial charge on any atom is 0.407 e. The number of ether oxygens (including phenoxy) is 1. The van der Waals surface area contributed by atoms with Gasteiger partial charge in [-0.1, -0.05) is 64.5 Å². The van der Waals surface area contributed by atoms with Gasteiger partial charge < -0.3 is 41.7 Å². The van der Waals surface area contributed by atoms with Crippen molar-refractivity contribution >= 4 is 69.0 Å². The van der Waals surface area contributed by atoms with Gasteiger partial charge in [0.25, 0.3) is 5.91 Å². The third-order valence-electron chi connectivity index (χ3n) is 15.5. The molecule has 24 nitrogen and oxygen atoms in total. The number of aromatic nitrogens is 8. The minimum Gasteiger partial charge on any atom is -0.465 e. The van der Waals surface area contributed by atoms with Crippen molar-refractivity contribution in [1.29, 1.82) is 0 Å². The number of rotatable bonds is 20. The van der Waals surface area contributed by atoms with Gasteiger partial charge in [0.1, 0.15) is 17.7 Å². The molecule has 2 atom stereocenters. The minimum atomic E-state index is -1.05. The van der Waals surface area contributed by atoms with Crippen molar-refractivity contribution in [3.63, 3.8) is 0 Å². The zero-order valence-electron chi connectivity index (χ0n) is 49.7. The van der Waals surface area contributed by atoms with Gasteiger partial charge in [-0.25, -0.2) is 19.8 Å². The number of carboxylic acid groups (broad SMARTS) is 1. The molecule has 0 bridgehead atoms. The van der Waals surface area contributed by atoms with E-state index >= 15 is 0 Å². The Balaban J connectivity index is 0.000000230. The first-order valence-electron chi connectivity index (χ1n) is 29.2. The lowest BCUT2D eigenvalue weighted by atomic mass is 9.81. The number of nitrogens with zero attached hydrogens (tertiary/aromatic N) is 8. The summed E-state index contributed by atoms with van der Waals surface area (Å²) in [4.78, 5) is 92.8. The first kappa shape index (κ1) is 64.6. The number of primary amides is 1. The first-order chi connectivity index (χ1) is 42.2. The van der Waals surface area contributed by atoms with Crippen molar-refractivity contribution in [2.75, 3.05) is 37.4 Å². The highest BCUT2D eigenvalue weighted by atomic mass is 79.9. The zero-order chi connectivity index (χ0) is 62.9. The summed E-state index contributed by atoms with van der Waals surface area (Å²) in [5.41, 5.74) is 12.0. The molecule has 88 heavy (non-hydrogen) atoms. The average Bonchev–Trinajstić information content (AvgIpc) is 3.73. The molecule has 9 rings (SSSR count). The molecule has 0 saturated heterocycles. The average molecular weight is 1270 g/mol. The van der Waals surface area contributed by atoms with Crippen LogP contribution < -0.4 is 31.9 Å². The van der Waals surface area contributed by atoms with Crippen molar-refractivity contribution in [2.24, 2.45) is 29.4 Å². The van der Waals surface area contributed by atoms with E-state index in [0.717, 1.165) is 63.5 Å². The number of nitrogens with two attached hydrogens (primary N) is 1. The van der Waals surface area contributed by atoms with Crippen molar-refractivity contribution in [1.82, 2.24) is 62.1 Å². The minimum absolute atomic E-state index is 0.0971. The summed E-state index contributed by atoms with van der Waals surface area (Å²) in [6, 6.07) is 35.2. The molecule has 2 aliphatic rings. The Morgan fingerprint density at radius 3 is 1.76 bits per heavy atom. The van der Waals surface area contributed by atoms with Gasteiger partial charge in [-0.3, -0.25) is 28.9 Å². The molecule has 0 unspecified atom stereocenters. The second kappa shape index (κ2) is 30.3. The lowest BCUT2D eigenvalue weighted by Crippen LogP contribution is -2.52. The van der Waals surface area contributed by atoms with E-state index in [1.807, 2.05) is 87.5 Å². The lowest BCUT2D eigenvalue weighted by molar-refractivity contribution is -0.130. The monoisotopic (exact) mass is 1260 g/mol. The molecule has 2 aliphatic carbocycles. The van der Waals surface area contributed by atoms with Gasteiger partial charge in [-0.2, -0.15) is 0 Å². The van der Waals surface area contributed by atoms with Gasteiger partial charge in [0.05, 0.1) is 0 Å². The number of nitrogens with one attached hydrogen (secondary N) is 6. The summed E-state index contributed by atoms with van der Waals surface area (Å²) in [7, 11) is 3.42. The largest absolute Gasteiger partial charge is 0.465 e. The highest BCUT2D eigenvalue weighted by molar-refractivity contribution is 9.10. The number of benzene rings is 5. The van der Waals surface area contributed by atoms with Gasteiger partial charge in [-0.15, -0.1) is 10.2 Å². The maximum absolute atomic E-state index is 14.1. The number of amides is 7. The Kier molecular flexibility index (Phi) is 22.2. The summed E-state index contributed by atoms with van der Waals surface area (Å²) in [6.07, 6.45) is 4.49. The van der Waals surface area contributed by atoms with Crippen LogP contribution in [-0.4, -0.2) is 138 Å². The predicted molar refractivity (Wildman–Crippen MR) is 333 cm³/mol. The van der Waals surface area contributed by atoms with Gasteiger partial charge in [0, 0.05) is 84.4 Å². The van der Waals surface area contributed by atoms with Crippen LogP contribution in [0.25, 0.3) is 33.9 Å². The number of H-pyrrole nitrogens is 2. The van der Waals surface area contributed by atoms with Crippen LogP contribution in [0.15, 0.2) is 126 Å². The number of alkyl carbamates (subject to hydrolysis) is 1. The molecular formula is C63H74BrN15O9. The van der Waals surface area contributed by atoms with Crippen molar-refractivity contribution in [3.8, 4) is 33.9 Å². The van der Waals surface area contributed by atoms with Crippen molar-refractivity contribution in [3.05, 3.63) is 142 Å². The van der Waals surface area contributed by atoms with Crippen LogP contribution in [0.1, 0.15) is 93.6 Å². The number of hydrogen-bond donors (Lipinski definition) is 8. The van der Waals surface area contributed by atoms with Crippen LogP contribution in [0, 0.1) is 23.7 Å². The van der Waals surface area contributed by atoms with Crippen LogP contribution in [0.3, 0.4) is 0 Å². The predicted octanol–water partition coefficient (Wildman–Crippen LogP) is 8.37. The quantitative estimate of drug-likeness (QED) is 0.0355. The number of anilines is 2. The normalized spacial score (nSPS) is 17.1. The van der Waals surface area contributed by atoms with Crippen LogP contribution in [-0.2, 0) is 36.8 Å². The molecule has 0 aliphatic heterocycles. The third-order valence-corrected chi connectivity index (χ3v) is 16.0. The molecule has 2 aromatic heterocycles. The van der Waals surface area contributed by atoms with E-state index in [0.29, 0.717) is 67.4 Å². The fraction of sp³-hybridized carbons (Fsp3) is 0.381. The topological polar surface area (TPSA) is 338 Å². The summed E-state index contributed by atoms with van der Waals surface area (Å²) in [5.74, 6) is -0.535. The molecule has 7 amide bonds. The summed E-state index contributed by atoms with van der Waals surface area (Å²) < 4.78 is 6.21. The Labute approximate surface area is 518 Å². The van der Waals surface area contributed by atoms with Crippen molar-refractivity contribution in [2.45, 2.75) is 103 Å². The first-order valence-corrected chi connectivity index (χ1v) is 30.0. The summed E-state index contributed by atoms with van der Waals surface area (Å²) in [6.45, 7) is 6.32. The highest BCUT2D eigenvalue weighted by Crippen LogP contribution is 2.34. The molecule has 0 radical (unpaired) electrons. The van der Waals surface area contributed by atoms with E-state index in [-0.39, 0.29) is 60.1 Å². The molecule has 2 fully saturated rings. The molecule has 7 aromatic rings. The molecule has 0 spiro atoms. The van der Waals surface area contributed by atoms with Gasteiger partial charge in [0.15, 0.2) is 11.6 Å². The lowest BCUT2D eigenvalue weighted by Gasteiger charge is -2.36. The Bertz CT molecular complexity index is 3490. The zero-order valence-corrected chi connectivity index (χ0v) is 51.3. The Morgan fingerprint density at radius 2 is 1.22 bits per heavy atom. The standard InChI is InChI=1S/C34H38N8O5.C29H36BrN7O4/c1-42(2)33(45)27-8-4-7-26(19-27)25-6-3-5-22(17-25)18-29(37-31(43)24-11-9-21(10-12-24)20-35-34(46)47)32(44)36-28-15-13-23(14-16-28)30-38-40-41-39-30;1-29(2,3)41-28(40)32-17-18-7-9-21(10-8-18)27(39)37(23-13-11-20(12-14-23)26-33-35-36-34-26)24(25(31)38)16-19-5-4-6-22(30)15-19/h3-8,13-17,19,21,24,29,35H,9-12,18,20H2,1-2H3,(H,36,44)(H,37,43)(H,46,47)(H,38,39,40,41);4-6,11-15,18,21,24H,7-10,16-17H2,1-3H3,(H2,31,38)(H,32,40)(H,33,34,35,36)/t21-,24-,29-;18-,21-,24-/m00/s1. The highest BCUT2D eigenvalue weighted by Gasteiger charge is 2.37. The number of tetrazole rings is 2. The number of carbonyl (C=O) groups excluding carboxylic acids is 6. The van der Waals surface area contributed by atoms with Crippen LogP contribution in [0.2, 0.25) is 0 Å². The van der Waals surface area contributed by atoms with Crippen LogP contribution in [0.5, 0.6) is 0 Å². The van der Waals surface area contributed by atoms with E-state index in [4.69, 9.17) is 15.6 Å². The van der Waals surface area contributed by atoms with Crippen molar-refractivity contribution < 1.29 is 43.4 Å². The van der Waals surface area contributed by atoms with E-state index in [2.05, 4.69) is 78.4 Å². The fourth-order valence-corrected chi connectivity index (χ4v) is 11.3. The third kappa shape index (κ3) is 18.6. The second-order valence-electron chi connectivity index (χ2n) is 23.3. The molecule has 462 valence electrons. The second-order valence-corrected chi connectivity index (χ2v) is 24.2. The molecule has 5 aromatic carbocycles. The maximum atomic E-state index is 14.1. The SMILES string of the molecule is CC(C)(C)OC(=O)NC[C@H]1CC[C@H](C(=O)N(c2ccc(-c3nnn[nH]3)cc2)[C@@H](Cc2cccc(Br)c2)C(N)=O)CC1.CN(C)C(=O)c1cccc(-c2cccc(C[C@H](NC(=O)[C@H]3CC[C@H](CNC(=O)O)CC3)C(=O)Nc3ccc(-c4nnn[nH]4)cc3)c2)c1. The van der Waals surface area contributed by atoms with Gasteiger partial charge in [0.2, 0.25) is 23.6 Å². The van der Waals surface area contributed by atoms with Gasteiger partial charge >= 0.3 is 12.2 Å². The van der Waals surface area contributed by atoms with E-state index in [9.17, 15) is 33.6 Å². The van der Waals surface area contributed by atoms with Crippen LogP contribution >= 0.6 is 15.9 Å². The number of hydrogen-bond acceptors (Lipinski definition) is 14. The molecule has 2 saturated carbocycles. The summed E-state index contributed by atoms with van der Waals surface area (Å²) >= 11 is 3.48. The van der Waals surface area contributed by atoms with E-state index < -0.39 is 35.8 Å². The Morgan fingerprint density at radius 1 is 0.670 bits per heavy atom. The van der Waals surface area contributed by atoms with E-state index in [1.54, 1.807) is 73.6 Å². The smallest absolute Gasteiger partial charge is 0.407 e. The molecule has 25 heteroatoms. The fourth-order valence-electron chi connectivity index (χ4n) is 10.9. The molecule has 2 heterocycles.